The topological polar surface area (TPSA) is 29.3 Å². The van der Waals surface area contributed by atoms with Gasteiger partial charge in [-0.2, -0.15) is 5.10 Å². The van der Waals surface area contributed by atoms with Gasteiger partial charge in [-0.25, -0.2) is 4.52 Å². The summed E-state index contributed by atoms with van der Waals surface area (Å²) in [6.45, 7) is 2.09. The minimum atomic E-state index is 0.900. The molecule has 0 spiro atoms. The molecule has 0 unspecified atom stereocenters. The van der Waals surface area contributed by atoms with Crippen molar-refractivity contribution in [3.05, 3.63) is 36.2 Å². The third kappa shape index (κ3) is 2.34. The van der Waals surface area contributed by atoms with E-state index in [0.717, 1.165) is 19.0 Å². The summed E-state index contributed by atoms with van der Waals surface area (Å²) in [5.41, 5.74) is 2.51. The van der Waals surface area contributed by atoms with Crippen molar-refractivity contribution in [3.8, 4) is 0 Å². The van der Waals surface area contributed by atoms with Gasteiger partial charge < -0.3 is 5.32 Å². The number of pyridine rings is 1. The van der Waals surface area contributed by atoms with Crippen LogP contribution >= 0.6 is 0 Å². The maximum absolute atomic E-state index is 4.35. The molecule has 0 amide bonds. The Balaban J connectivity index is 1.60. The van der Waals surface area contributed by atoms with Crippen LogP contribution in [0.2, 0.25) is 0 Å². The number of hydrogen-bond donors (Lipinski definition) is 1. The number of nitrogens with zero attached hydrogens (tertiary/aromatic N) is 2. The van der Waals surface area contributed by atoms with Gasteiger partial charge >= 0.3 is 0 Å². The average Bonchev–Trinajstić information content (AvgIpc) is 2.99. The SMILES string of the molecule is c1ccn2ncc(CNCC3CCCC3)c2c1. The number of fused-ring (bicyclic) bond motifs is 1. The maximum atomic E-state index is 4.35. The molecule has 1 N–H and O–H groups in total. The van der Waals surface area contributed by atoms with Gasteiger partial charge in [-0.15, -0.1) is 0 Å². The summed E-state index contributed by atoms with van der Waals surface area (Å²) in [7, 11) is 0. The van der Waals surface area contributed by atoms with Crippen molar-refractivity contribution in [1.82, 2.24) is 14.9 Å². The highest BCUT2D eigenvalue weighted by Crippen LogP contribution is 2.23. The van der Waals surface area contributed by atoms with Gasteiger partial charge in [-0.1, -0.05) is 18.9 Å². The molecular weight excluding hydrogens is 210 g/mol. The lowest BCUT2D eigenvalue weighted by Crippen LogP contribution is -2.20. The van der Waals surface area contributed by atoms with Crippen LogP contribution in [0.5, 0.6) is 0 Å². The molecule has 0 atom stereocenters. The molecular formula is C14H19N3. The van der Waals surface area contributed by atoms with Crippen LogP contribution in [0.1, 0.15) is 31.2 Å². The zero-order chi connectivity index (χ0) is 11.5. The number of rotatable bonds is 4. The van der Waals surface area contributed by atoms with Crippen molar-refractivity contribution in [2.45, 2.75) is 32.2 Å². The second-order valence-corrected chi connectivity index (χ2v) is 4.98. The standard InChI is InChI=1S/C14H19N3/c1-2-6-12(5-1)9-15-10-13-11-16-17-8-4-3-7-14(13)17/h3-4,7-8,11-12,15H,1-2,5-6,9-10H2. The smallest absolute Gasteiger partial charge is 0.0706 e. The summed E-state index contributed by atoms with van der Waals surface area (Å²) < 4.78 is 1.94. The molecule has 1 saturated carbocycles. The van der Waals surface area contributed by atoms with E-state index in [1.165, 1.54) is 36.8 Å². The second-order valence-electron chi connectivity index (χ2n) is 4.98. The fourth-order valence-corrected chi connectivity index (χ4v) is 2.75. The lowest BCUT2D eigenvalue weighted by molar-refractivity contribution is 0.490. The van der Waals surface area contributed by atoms with Gasteiger partial charge in [-0.05, 0) is 37.4 Å². The number of aromatic nitrogens is 2. The summed E-state index contributed by atoms with van der Waals surface area (Å²) in [4.78, 5) is 0. The summed E-state index contributed by atoms with van der Waals surface area (Å²) in [5.74, 6) is 0.900. The van der Waals surface area contributed by atoms with Gasteiger partial charge in [0.05, 0.1) is 11.7 Å². The molecule has 3 heteroatoms. The minimum Gasteiger partial charge on any atom is -0.312 e. The van der Waals surface area contributed by atoms with Gasteiger partial charge in [-0.3, -0.25) is 0 Å². The van der Waals surface area contributed by atoms with E-state index >= 15 is 0 Å². The summed E-state index contributed by atoms with van der Waals surface area (Å²) >= 11 is 0. The van der Waals surface area contributed by atoms with Gasteiger partial charge in [0.2, 0.25) is 0 Å². The fourth-order valence-electron chi connectivity index (χ4n) is 2.75. The van der Waals surface area contributed by atoms with Crippen LogP contribution in [0.4, 0.5) is 0 Å². The van der Waals surface area contributed by atoms with Gasteiger partial charge in [0.15, 0.2) is 0 Å². The van der Waals surface area contributed by atoms with E-state index in [2.05, 4.69) is 22.5 Å². The van der Waals surface area contributed by atoms with Crippen LogP contribution in [-0.4, -0.2) is 16.2 Å². The van der Waals surface area contributed by atoms with Gasteiger partial charge in [0, 0.05) is 18.3 Å². The average molecular weight is 229 g/mol. The van der Waals surface area contributed by atoms with Crippen LogP contribution < -0.4 is 5.32 Å². The van der Waals surface area contributed by atoms with Crippen LogP contribution in [-0.2, 0) is 6.54 Å². The van der Waals surface area contributed by atoms with E-state index in [-0.39, 0.29) is 0 Å². The van der Waals surface area contributed by atoms with Crippen molar-refractivity contribution in [1.29, 1.82) is 0 Å². The molecule has 2 aromatic rings. The molecule has 0 radical (unpaired) electrons. The van der Waals surface area contributed by atoms with Crippen molar-refractivity contribution in [2.24, 2.45) is 5.92 Å². The molecule has 3 rings (SSSR count). The van der Waals surface area contributed by atoms with Crippen molar-refractivity contribution < 1.29 is 0 Å². The fraction of sp³-hybridized carbons (Fsp3) is 0.500. The van der Waals surface area contributed by atoms with E-state index in [1.807, 2.05) is 23.0 Å². The molecule has 2 aromatic heterocycles. The Kier molecular flexibility index (Phi) is 3.10. The highest BCUT2D eigenvalue weighted by molar-refractivity contribution is 5.53. The molecule has 1 aliphatic carbocycles. The Morgan fingerprint density at radius 3 is 3.06 bits per heavy atom. The van der Waals surface area contributed by atoms with Crippen LogP contribution in [0.25, 0.3) is 5.52 Å². The lowest BCUT2D eigenvalue weighted by Gasteiger charge is -2.09. The Hall–Kier alpha value is -1.35. The Bertz CT molecular complexity index is 483. The Morgan fingerprint density at radius 1 is 1.29 bits per heavy atom. The summed E-state index contributed by atoms with van der Waals surface area (Å²) in [5, 5.41) is 7.91. The summed E-state index contributed by atoms with van der Waals surface area (Å²) in [6, 6.07) is 6.20. The molecule has 17 heavy (non-hydrogen) atoms. The first-order valence-electron chi connectivity index (χ1n) is 6.55. The quantitative estimate of drug-likeness (QED) is 0.873. The molecule has 1 aliphatic rings. The molecule has 3 nitrogen and oxygen atoms in total. The number of nitrogens with one attached hydrogen (secondary N) is 1. The van der Waals surface area contributed by atoms with E-state index < -0.39 is 0 Å². The van der Waals surface area contributed by atoms with E-state index in [1.54, 1.807) is 0 Å². The Labute approximate surface area is 102 Å². The van der Waals surface area contributed by atoms with Crippen molar-refractivity contribution in [3.63, 3.8) is 0 Å². The van der Waals surface area contributed by atoms with Crippen molar-refractivity contribution in [2.75, 3.05) is 6.54 Å². The minimum absolute atomic E-state index is 0.900. The molecule has 0 aromatic carbocycles. The molecule has 90 valence electrons. The summed E-state index contributed by atoms with van der Waals surface area (Å²) in [6.07, 6.45) is 9.61. The van der Waals surface area contributed by atoms with Crippen LogP contribution in [0.3, 0.4) is 0 Å². The predicted molar refractivity (Wildman–Crippen MR) is 68.9 cm³/mol. The predicted octanol–water partition coefficient (Wildman–Crippen LogP) is 2.61. The highest BCUT2D eigenvalue weighted by atomic mass is 15.2. The normalized spacial score (nSPS) is 16.9. The first-order chi connectivity index (χ1) is 8.43. The molecule has 0 aliphatic heterocycles. The van der Waals surface area contributed by atoms with Gasteiger partial charge in [0.1, 0.15) is 0 Å². The number of hydrogen-bond acceptors (Lipinski definition) is 2. The molecule has 0 bridgehead atoms. The maximum Gasteiger partial charge on any atom is 0.0706 e. The van der Waals surface area contributed by atoms with Crippen LogP contribution in [0, 0.1) is 5.92 Å². The third-order valence-electron chi connectivity index (χ3n) is 3.73. The third-order valence-corrected chi connectivity index (χ3v) is 3.73. The van der Waals surface area contributed by atoms with Crippen molar-refractivity contribution >= 4 is 5.52 Å². The molecule has 2 heterocycles. The second kappa shape index (κ2) is 4.88. The highest BCUT2D eigenvalue weighted by Gasteiger charge is 2.14. The monoisotopic (exact) mass is 229 g/mol. The van der Waals surface area contributed by atoms with E-state index in [4.69, 9.17) is 0 Å². The van der Waals surface area contributed by atoms with Gasteiger partial charge in [0.25, 0.3) is 0 Å². The first-order valence-corrected chi connectivity index (χ1v) is 6.55. The van der Waals surface area contributed by atoms with Crippen LogP contribution in [0.15, 0.2) is 30.6 Å². The van der Waals surface area contributed by atoms with E-state index in [9.17, 15) is 0 Å². The Morgan fingerprint density at radius 2 is 2.18 bits per heavy atom. The van der Waals surface area contributed by atoms with E-state index in [0.29, 0.717) is 0 Å². The zero-order valence-electron chi connectivity index (χ0n) is 10.1. The zero-order valence-corrected chi connectivity index (χ0v) is 10.1. The lowest BCUT2D eigenvalue weighted by atomic mass is 10.1. The first kappa shape index (κ1) is 10.8. The largest absolute Gasteiger partial charge is 0.312 e. The molecule has 1 fully saturated rings. The molecule has 0 saturated heterocycles.